The summed E-state index contributed by atoms with van der Waals surface area (Å²) in [5.41, 5.74) is 4.58. The number of carboxylic acids is 1. The molecule has 2 heterocycles. The molecule has 10 nitrogen and oxygen atoms in total. The molecule has 0 radical (unpaired) electrons. The van der Waals surface area contributed by atoms with Crippen LogP contribution in [0.2, 0.25) is 0 Å². The van der Waals surface area contributed by atoms with Gasteiger partial charge in [-0.2, -0.15) is 4.98 Å². The van der Waals surface area contributed by atoms with Crippen molar-refractivity contribution < 1.29 is 28.6 Å². The molecule has 2 amide bonds. The number of anilines is 3. The lowest BCUT2D eigenvalue weighted by Crippen LogP contribution is -2.29. The normalized spacial score (nSPS) is 16.1. The Morgan fingerprint density at radius 3 is 2.45 bits per heavy atom. The zero-order chi connectivity index (χ0) is 30.6. The standard InChI is InChI=1S/C34H30N4O6/c1-43-29-10-6-5-9-27(29)36-34-37-28-16-11-21(17-30(28)44-34)18-31(39)35-24-14-12-22(13-15-24)25-19-38(20-26(25)33(41)42)32(40)23-7-3-2-4-8-23/h2-17,25-26H,18-20H2,1H3,(H,35,39)(H,36,37)(H,41,42). The number of oxazole rings is 1. The zero-order valence-electron chi connectivity index (χ0n) is 23.9. The fourth-order valence-electron chi connectivity index (χ4n) is 5.52. The van der Waals surface area contributed by atoms with E-state index in [1.54, 1.807) is 60.5 Å². The lowest BCUT2D eigenvalue weighted by Gasteiger charge is -2.17. The van der Waals surface area contributed by atoms with Crippen LogP contribution in [0.1, 0.15) is 27.4 Å². The second-order valence-electron chi connectivity index (χ2n) is 10.6. The number of carbonyl (C=O) groups excluding carboxylic acids is 2. The Hall–Kier alpha value is -5.64. The topological polar surface area (TPSA) is 134 Å². The van der Waals surface area contributed by atoms with E-state index in [9.17, 15) is 19.5 Å². The van der Waals surface area contributed by atoms with Crippen molar-refractivity contribution in [2.45, 2.75) is 12.3 Å². The van der Waals surface area contributed by atoms with E-state index in [-0.39, 0.29) is 30.7 Å². The van der Waals surface area contributed by atoms with Gasteiger partial charge in [-0.05, 0) is 59.7 Å². The summed E-state index contributed by atoms with van der Waals surface area (Å²) in [6.07, 6.45) is 0.119. The van der Waals surface area contributed by atoms with Gasteiger partial charge in [0.1, 0.15) is 11.3 Å². The summed E-state index contributed by atoms with van der Waals surface area (Å²) in [6.45, 7) is 0.441. The highest BCUT2D eigenvalue weighted by atomic mass is 16.5. The van der Waals surface area contributed by atoms with Gasteiger partial charge in [0, 0.05) is 30.3 Å². The summed E-state index contributed by atoms with van der Waals surface area (Å²) >= 11 is 0. The first-order chi connectivity index (χ1) is 21.4. The first kappa shape index (κ1) is 28.5. The molecule has 1 fully saturated rings. The van der Waals surface area contributed by atoms with Crippen molar-refractivity contribution in [2.24, 2.45) is 5.92 Å². The minimum atomic E-state index is -0.942. The van der Waals surface area contributed by atoms with Crippen LogP contribution in [-0.4, -0.2) is 53.0 Å². The number of carbonyl (C=O) groups is 3. The first-order valence-corrected chi connectivity index (χ1v) is 14.1. The monoisotopic (exact) mass is 590 g/mol. The predicted molar refractivity (Wildman–Crippen MR) is 165 cm³/mol. The average Bonchev–Trinajstić information content (AvgIpc) is 3.66. The molecule has 2 unspecified atom stereocenters. The smallest absolute Gasteiger partial charge is 0.308 e. The number of fused-ring (bicyclic) bond motifs is 1. The second kappa shape index (κ2) is 12.3. The van der Waals surface area contributed by atoms with Gasteiger partial charge < -0.3 is 29.8 Å². The minimum Gasteiger partial charge on any atom is -0.495 e. The fraction of sp³-hybridized carbons (Fsp3) is 0.176. The van der Waals surface area contributed by atoms with E-state index in [0.717, 1.165) is 16.8 Å². The van der Waals surface area contributed by atoms with Crippen molar-refractivity contribution in [3.05, 3.63) is 114 Å². The molecule has 4 aromatic carbocycles. The van der Waals surface area contributed by atoms with Crippen LogP contribution in [0, 0.1) is 5.92 Å². The molecule has 3 N–H and O–H groups in total. The summed E-state index contributed by atoms with van der Waals surface area (Å²) in [4.78, 5) is 43.9. The number of hydrogen-bond acceptors (Lipinski definition) is 7. The number of rotatable bonds is 9. The summed E-state index contributed by atoms with van der Waals surface area (Å²) in [6, 6.07) is 29.1. The Kier molecular flexibility index (Phi) is 7.96. The first-order valence-electron chi connectivity index (χ1n) is 14.1. The molecule has 1 aliphatic heterocycles. The number of nitrogens with zero attached hydrogens (tertiary/aromatic N) is 2. The molecule has 6 rings (SSSR count). The molecule has 1 aliphatic rings. The molecule has 0 bridgehead atoms. The lowest BCUT2D eigenvalue weighted by molar-refractivity contribution is -0.141. The Bertz CT molecular complexity index is 1820. The van der Waals surface area contributed by atoms with Gasteiger partial charge in [-0.25, -0.2) is 0 Å². The Morgan fingerprint density at radius 2 is 1.70 bits per heavy atom. The molecule has 0 aliphatic carbocycles. The van der Waals surface area contributed by atoms with E-state index < -0.39 is 11.9 Å². The number of carboxylic acid groups (broad SMARTS) is 1. The lowest BCUT2D eigenvalue weighted by atomic mass is 9.89. The molecule has 5 aromatic rings. The highest BCUT2D eigenvalue weighted by Gasteiger charge is 2.40. The quantitative estimate of drug-likeness (QED) is 0.199. The molecule has 0 spiro atoms. The molecular weight excluding hydrogens is 560 g/mol. The molecule has 1 aromatic heterocycles. The number of benzene rings is 4. The number of hydrogen-bond donors (Lipinski definition) is 3. The highest BCUT2D eigenvalue weighted by molar-refractivity contribution is 5.95. The Labute approximate surface area is 253 Å². The van der Waals surface area contributed by atoms with Crippen LogP contribution in [0.15, 0.2) is 101 Å². The number of aliphatic carboxylic acids is 1. The van der Waals surface area contributed by atoms with E-state index in [1.807, 2.05) is 48.5 Å². The molecule has 0 saturated carbocycles. The molecule has 2 atom stereocenters. The maximum atomic E-state index is 13.0. The number of nitrogens with one attached hydrogen (secondary N) is 2. The van der Waals surface area contributed by atoms with Crippen LogP contribution in [0.3, 0.4) is 0 Å². The van der Waals surface area contributed by atoms with E-state index in [0.29, 0.717) is 40.7 Å². The second-order valence-corrected chi connectivity index (χ2v) is 10.6. The third kappa shape index (κ3) is 6.10. The summed E-state index contributed by atoms with van der Waals surface area (Å²) < 4.78 is 11.2. The SMILES string of the molecule is COc1ccccc1Nc1nc2ccc(CC(=O)Nc3ccc(C4CN(C(=O)c5ccccc5)CC4C(=O)O)cc3)cc2o1. The maximum absolute atomic E-state index is 13.0. The van der Waals surface area contributed by atoms with Gasteiger partial charge in [0.2, 0.25) is 5.91 Å². The van der Waals surface area contributed by atoms with Crippen molar-refractivity contribution in [2.75, 3.05) is 30.8 Å². The predicted octanol–water partition coefficient (Wildman–Crippen LogP) is 5.70. The highest BCUT2D eigenvalue weighted by Crippen LogP contribution is 2.34. The molecule has 222 valence electrons. The number of likely N-dealkylation sites (tertiary alicyclic amines) is 1. The average molecular weight is 591 g/mol. The van der Waals surface area contributed by atoms with E-state index >= 15 is 0 Å². The van der Waals surface area contributed by atoms with Crippen molar-refractivity contribution in [3.8, 4) is 5.75 Å². The molecule has 44 heavy (non-hydrogen) atoms. The number of aromatic nitrogens is 1. The molecule has 10 heteroatoms. The van der Waals surface area contributed by atoms with Crippen molar-refractivity contribution in [1.29, 1.82) is 0 Å². The molecule has 1 saturated heterocycles. The van der Waals surface area contributed by atoms with Gasteiger partial charge in [0.15, 0.2) is 5.58 Å². The maximum Gasteiger partial charge on any atom is 0.308 e. The van der Waals surface area contributed by atoms with Gasteiger partial charge in [0.05, 0.1) is 25.1 Å². The number of amides is 2. The van der Waals surface area contributed by atoms with Gasteiger partial charge >= 0.3 is 5.97 Å². The summed E-state index contributed by atoms with van der Waals surface area (Å²) in [5.74, 6) is -1.77. The van der Waals surface area contributed by atoms with Gasteiger partial charge in [-0.1, -0.05) is 48.5 Å². The minimum absolute atomic E-state index is 0.119. The van der Waals surface area contributed by atoms with Crippen molar-refractivity contribution in [1.82, 2.24) is 9.88 Å². The van der Waals surface area contributed by atoms with Crippen LogP contribution in [0.5, 0.6) is 5.75 Å². The fourth-order valence-corrected chi connectivity index (χ4v) is 5.52. The molecular formula is C34H30N4O6. The Balaban J connectivity index is 1.09. The van der Waals surface area contributed by atoms with Crippen molar-refractivity contribution >= 4 is 46.3 Å². The number of methoxy groups -OCH3 is 1. The largest absolute Gasteiger partial charge is 0.495 e. The van der Waals surface area contributed by atoms with Crippen LogP contribution < -0.4 is 15.4 Å². The summed E-state index contributed by atoms with van der Waals surface area (Å²) in [5, 5.41) is 15.9. The van der Waals surface area contributed by atoms with E-state index in [4.69, 9.17) is 9.15 Å². The van der Waals surface area contributed by atoms with Gasteiger partial charge in [-0.15, -0.1) is 0 Å². The van der Waals surface area contributed by atoms with Crippen molar-refractivity contribution in [3.63, 3.8) is 0 Å². The number of ether oxygens (including phenoxy) is 1. The number of para-hydroxylation sites is 2. The zero-order valence-corrected chi connectivity index (χ0v) is 23.9. The van der Waals surface area contributed by atoms with Crippen LogP contribution in [0.4, 0.5) is 17.4 Å². The van der Waals surface area contributed by atoms with Crippen LogP contribution in [-0.2, 0) is 16.0 Å². The van der Waals surface area contributed by atoms with E-state index in [1.165, 1.54) is 0 Å². The van der Waals surface area contributed by atoms with Crippen LogP contribution in [0.25, 0.3) is 11.1 Å². The van der Waals surface area contributed by atoms with E-state index in [2.05, 4.69) is 15.6 Å². The van der Waals surface area contributed by atoms with Crippen LogP contribution >= 0.6 is 0 Å². The third-order valence-electron chi connectivity index (χ3n) is 7.73. The Morgan fingerprint density at radius 1 is 0.955 bits per heavy atom. The van der Waals surface area contributed by atoms with Gasteiger partial charge in [-0.3, -0.25) is 14.4 Å². The summed E-state index contributed by atoms with van der Waals surface area (Å²) in [7, 11) is 1.59. The third-order valence-corrected chi connectivity index (χ3v) is 7.73. The van der Waals surface area contributed by atoms with Gasteiger partial charge in [0.25, 0.3) is 11.9 Å².